The Morgan fingerprint density at radius 3 is 2.75 bits per heavy atom. The third-order valence-corrected chi connectivity index (χ3v) is 3.74. The van der Waals surface area contributed by atoms with Gasteiger partial charge in [0, 0.05) is 19.7 Å². The van der Waals surface area contributed by atoms with Crippen molar-refractivity contribution in [2.45, 2.75) is 26.7 Å². The Balaban J connectivity index is 2.14. The van der Waals surface area contributed by atoms with E-state index in [0.717, 1.165) is 19.0 Å². The van der Waals surface area contributed by atoms with Crippen LogP contribution in [0.2, 0.25) is 0 Å². The first kappa shape index (κ1) is 13.9. The van der Waals surface area contributed by atoms with Crippen LogP contribution in [0.15, 0.2) is 0 Å². The number of likely N-dealkylation sites (tertiary alicyclic amines) is 1. The quantitative estimate of drug-likeness (QED) is 0.717. The fraction of sp³-hybridized carbons (Fsp3) is 1.00. The molecule has 0 aromatic carbocycles. The normalized spacial score (nSPS) is 24.9. The molecule has 0 amide bonds. The zero-order valence-corrected chi connectivity index (χ0v) is 11.1. The van der Waals surface area contributed by atoms with Gasteiger partial charge in [0.25, 0.3) is 0 Å². The molecule has 96 valence electrons. The van der Waals surface area contributed by atoms with Crippen molar-refractivity contribution >= 4 is 0 Å². The van der Waals surface area contributed by atoms with Crippen molar-refractivity contribution in [2.75, 3.05) is 39.8 Å². The lowest BCUT2D eigenvalue weighted by atomic mass is 9.95. The summed E-state index contributed by atoms with van der Waals surface area (Å²) in [4.78, 5) is 2.42. The van der Waals surface area contributed by atoms with Crippen LogP contribution in [-0.2, 0) is 0 Å². The van der Waals surface area contributed by atoms with Gasteiger partial charge in [0.05, 0.1) is 0 Å². The lowest BCUT2D eigenvalue weighted by Gasteiger charge is -2.30. The van der Waals surface area contributed by atoms with Gasteiger partial charge in [0.1, 0.15) is 0 Å². The highest BCUT2D eigenvalue weighted by molar-refractivity contribution is 4.73. The second-order valence-corrected chi connectivity index (χ2v) is 5.62. The molecule has 2 N–H and O–H groups in total. The van der Waals surface area contributed by atoms with E-state index in [-0.39, 0.29) is 0 Å². The smallest absolute Gasteiger partial charge is 0.0473 e. The molecule has 2 atom stereocenters. The molecule has 0 bridgehead atoms. The number of piperidine rings is 1. The minimum atomic E-state index is 0.301. The van der Waals surface area contributed by atoms with Crippen molar-refractivity contribution < 1.29 is 5.11 Å². The third kappa shape index (κ3) is 4.81. The molecule has 1 fully saturated rings. The molecular weight excluding hydrogens is 200 g/mol. The molecule has 2 unspecified atom stereocenters. The van der Waals surface area contributed by atoms with E-state index in [1.807, 2.05) is 0 Å². The van der Waals surface area contributed by atoms with Gasteiger partial charge in [0.15, 0.2) is 0 Å². The summed E-state index contributed by atoms with van der Waals surface area (Å²) in [5, 5.41) is 12.7. The summed E-state index contributed by atoms with van der Waals surface area (Å²) in [6.45, 7) is 9.19. The Morgan fingerprint density at radius 2 is 2.19 bits per heavy atom. The number of rotatable bonds is 6. The maximum Gasteiger partial charge on any atom is 0.0473 e. The van der Waals surface area contributed by atoms with E-state index in [1.54, 1.807) is 0 Å². The molecule has 3 heteroatoms. The van der Waals surface area contributed by atoms with Crippen LogP contribution in [0.4, 0.5) is 0 Å². The second kappa shape index (κ2) is 7.25. The van der Waals surface area contributed by atoms with Gasteiger partial charge in [-0.3, -0.25) is 0 Å². The molecule has 0 radical (unpaired) electrons. The van der Waals surface area contributed by atoms with Crippen LogP contribution < -0.4 is 5.32 Å². The highest BCUT2D eigenvalue weighted by Crippen LogP contribution is 2.14. The largest absolute Gasteiger partial charge is 0.396 e. The number of aliphatic hydroxyl groups excluding tert-OH is 1. The predicted molar refractivity (Wildman–Crippen MR) is 68.5 cm³/mol. The van der Waals surface area contributed by atoms with Crippen LogP contribution in [0.5, 0.6) is 0 Å². The van der Waals surface area contributed by atoms with Crippen LogP contribution in [0.25, 0.3) is 0 Å². The Bertz CT molecular complexity index is 185. The first-order valence-corrected chi connectivity index (χ1v) is 6.63. The van der Waals surface area contributed by atoms with E-state index in [1.165, 1.54) is 25.9 Å². The molecule has 1 aliphatic rings. The average Bonchev–Trinajstić information content (AvgIpc) is 2.24. The molecule has 0 saturated carbocycles. The van der Waals surface area contributed by atoms with Gasteiger partial charge in [-0.25, -0.2) is 0 Å². The second-order valence-electron chi connectivity index (χ2n) is 5.62. The fourth-order valence-corrected chi connectivity index (χ4v) is 2.42. The van der Waals surface area contributed by atoms with Crippen molar-refractivity contribution in [3.8, 4) is 0 Å². The van der Waals surface area contributed by atoms with Gasteiger partial charge in [-0.05, 0) is 50.7 Å². The lowest BCUT2D eigenvalue weighted by Crippen LogP contribution is -2.39. The Morgan fingerprint density at radius 1 is 1.44 bits per heavy atom. The number of nitrogens with one attached hydrogen (secondary N) is 1. The van der Waals surface area contributed by atoms with Crippen molar-refractivity contribution in [3.63, 3.8) is 0 Å². The maximum absolute atomic E-state index is 9.23. The molecule has 16 heavy (non-hydrogen) atoms. The Hall–Kier alpha value is -0.120. The summed E-state index contributed by atoms with van der Waals surface area (Å²) in [5.74, 6) is 1.76. The van der Waals surface area contributed by atoms with Crippen LogP contribution in [0, 0.1) is 17.8 Å². The van der Waals surface area contributed by atoms with E-state index in [4.69, 9.17) is 0 Å². The minimum absolute atomic E-state index is 0.301. The predicted octanol–water partition coefficient (Wildman–Crippen LogP) is 1.18. The van der Waals surface area contributed by atoms with Crippen molar-refractivity contribution in [1.82, 2.24) is 10.2 Å². The molecule has 0 aromatic heterocycles. The zero-order chi connectivity index (χ0) is 12.0. The Labute approximate surface area is 100 Å². The topological polar surface area (TPSA) is 35.5 Å². The minimum Gasteiger partial charge on any atom is -0.396 e. The monoisotopic (exact) mass is 228 g/mol. The first-order chi connectivity index (χ1) is 7.63. The SMILES string of the molecule is CC(C)C(CO)CNCC1CCCN(C)C1. The molecule has 1 rings (SSSR count). The van der Waals surface area contributed by atoms with E-state index in [2.05, 4.69) is 31.1 Å². The molecule has 0 aromatic rings. The van der Waals surface area contributed by atoms with Crippen LogP contribution in [0.1, 0.15) is 26.7 Å². The molecule has 0 aliphatic carbocycles. The number of aliphatic hydroxyl groups is 1. The summed E-state index contributed by atoms with van der Waals surface area (Å²) in [6, 6.07) is 0. The van der Waals surface area contributed by atoms with Crippen LogP contribution >= 0.6 is 0 Å². The number of hydrogen-bond acceptors (Lipinski definition) is 3. The highest BCUT2D eigenvalue weighted by Gasteiger charge is 2.17. The van der Waals surface area contributed by atoms with Gasteiger partial charge in [0.2, 0.25) is 0 Å². The van der Waals surface area contributed by atoms with Crippen LogP contribution in [-0.4, -0.2) is 49.8 Å². The van der Waals surface area contributed by atoms with E-state index >= 15 is 0 Å². The van der Waals surface area contributed by atoms with Crippen molar-refractivity contribution in [2.24, 2.45) is 17.8 Å². The summed E-state index contributed by atoms with van der Waals surface area (Å²) in [7, 11) is 2.21. The maximum atomic E-state index is 9.23. The van der Waals surface area contributed by atoms with Gasteiger partial charge in [-0.15, -0.1) is 0 Å². The van der Waals surface area contributed by atoms with Gasteiger partial charge in [-0.2, -0.15) is 0 Å². The molecule has 1 saturated heterocycles. The highest BCUT2D eigenvalue weighted by atomic mass is 16.3. The van der Waals surface area contributed by atoms with Crippen LogP contribution in [0.3, 0.4) is 0 Å². The summed E-state index contributed by atoms with van der Waals surface area (Å²) in [6.07, 6.45) is 2.68. The van der Waals surface area contributed by atoms with E-state index < -0.39 is 0 Å². The van der Waals surface area contributed by atoms with Crippen molar-refractivity contribution in [3.05, 3.63) is 0 Å². The molecule has 1 aliphatic heterocycles. The molecule has 0 spiro atoms. The molecule has 3 nitrogen and oxygen atoms in total. The van der Waals surface area contributed by atoms with Gasteiger partial charge < -0.3 is 15.3 Å². The average molecular weight is 228 g/mol. The fourth-order valence-electron chi connectivity index (χ4n) is 2.42. The third-order valence-electron chi connectivity index (χ3n) is 3.74. The molecular formula is C13H28N2O. The number of nitrogens with zero attached hydrogens (tertiary/aromatic N) is 1. The van der Waals surface area contributed by atoms with E-state index in [0.29, 0.717) is 18.4 Å². The van der Waals surface area contributed by atoms with E-state index in [9.17, 15) is 5.11 Å². The summed E-state index contributed by atoms with van der Waals surface area (Å²) in [5.41, 5.74) is 0. The molecule has 1 heterocycles. The first-order valence-electron chi connectivity index (χ1n) is 6.63. The summed E-state index contributed by atoms with van der Waals surface area (Å²) < 4.78 is 0. The standard InChI is InChI=1S/C13H28N2O/c1-11(2)13(10-16)8-14-7-12-5-4-6-15(3)9-12/h11-14,16H,4-10H2,1-3H3. The van der Waals surface area contributed by atoms with Gasteiger partial charge in [-0.1, -0.05) is 13.8 Å². The van der Waals surface area contributed by atoms with Crippen molar-refractivity contribution in [1.29, 1.82) is 0 Å². The number of hydrogen-bond donors (Lipinski definition) is 2. The zero-order valence-electron chi connectivity index (χ0n) is 11.1. The van der Waals surface area contributed by atoms with Gasteiger partial charge >= 0.3 is 0 Å². The Kier molecular flexibility index (Phi) is 6.32. The summed E-state index contributed by atoms with van der Waals surface area (Å²) >= 11 is 0. The lowest BCUT2D eigenvalue weighted by molar-refractivity contribution is 0.174.